The number of hydrogen-bond acceptors (Lipinski definition) is 3. The second kappa shape index (κ2) is 6.02. The molecule has 114 valence electrons. The summed E-state index contributed by atoms with van der Waals surface area (Å²) in [6.45, 7) is 9.91. The zero-order chi connectivity index (χ0) is 15.6. The quantitative estimate of drug-likeness (QED) is 0.925. The first-order chi connectivity index (χ1) is 9.86. The molecular weight excluding hydrogens is 258 g/mol. The van der Waals surface area contributed by atoms with Crippen LogP contribution in [0.3, 0.4) is 0 Å². The molecule has 1 unspecified atom stereocenters. The van der Waals surface area contributed by atoms with Crippen LogP contribution >= 0.6 is 0 Å². The van der Waals surface area contributed by atoms with Gasteiger partial charge >= 0.3 is 0 Å². The van der Waals surface area contributed by atoms with Crippen molar-refractivity contribution in [3.05, 3.63) is 36.0 Å². The Kier molecular flexibility index (Phi) is 4.52. The highest BCUT2D eigenvalue weighted by Gasteiger charge is 2.25. The van der Waals surface area contributed by atoms with Gasteiger partial charge in [-0.1, -0.05) is 45.0 Å². The Bertz CT molecular complexity index is 613. The molecule has 0 saturated heterocycles. The van der Waals surface area contributed by atoms with Crippen molar-refractivity contribution in [1.82, 2.24) is 10.3 Å². The summed E-state index contributed by atoms with van der Waals surface area (Å²) in [5, 5.41) is 5.73. The van der Waals surface area contributed by atoms with Crippen molar-refractivity contribution in [2.45, 2.75) is 40.3 Å². The Morgan fingerprint density at radius 3 is 2.38 bits per heavy atom. The molecule has 2 rings (SSSR count). The van der Waals surface area contributed by atoms with E-state index in [2.05, 4.69) is 69.2 Å². The third kappa shape index (κ3) is 3.18. The lowest BCUT2D eigenvalue weighted by atomic mass is 9.87. The highest BCUT2D eigenvalue weighted by molar-refractivity contribution is 5.94. The molecule has 1 N–H and O–H groups in total. The maximum atomic E-state index is 4.75. The zero-order valence-electron chi connectivity index (χ0n) is 14.1. The van der Waals surface area contributed by atoms with Gasteiger partial charge in [-0.2, -0.15) is 0 Å². The number of hydrogen-bond donors (Lipinski definition) is 1. The Morgan fingerprint density at radius 1 is 1.19 bits per heavy atom. The number of benzene rings is 1. The molecule has 0 radical (unpaired) electrons. The molecule has 3 heteroatoms. The SMILES string of the molecule is CNCc1cnc(N(C)C(C)C(C)(C)C)c2ccccc12. The summed E-state index contributed by atoms with van der Waals surface area (Å²) in [5.74, 6) is 1.06. The van der Waals surface area contributed by atoms with Crippen molar-refractivity contribution in [2.24, 2.45) is 5.41 Å². The fraction of sp³-hybridized carbons (Fsp3) is 0.500. The summed E-state index contributed by atoms with van der Waals surface area (Å²) in [6.07, 6.45) is 2.00. The molecule has 1 heterocycles. The highest BCUT2D eigenvalue weighted by atomic mass is 15.2. The van der Waals surface area contributed by atoms with Gasteiger partial charge in [-0.15, -0.1) is 0 Å². The summed E-state index contributed by atoms with van der Waals surface area (Å²) in [6, 6.07) is 8.94. The van der Waals surface area contributed by atoms with Gasteiger partial charge in [-0.25, -0.2) is 4.98 Å². The van der Waals surface area contributed by atoms with E-state index in [0.717, 1.165) is 12.4 Å². The molecule has 21 heavy (non-hydrogen) atoms. The van der Waals surface area contributed by atoms with Gasteiger partial charge in [0.05, 0.1) is 0 Å². The molecule has 0 saturated carbocycles. The molecule has 0 amide bonds. The number of rotatable bonds is 4. The van der Waals surface area contributed by atoms with Crippen molar-refractivity contribution in [3.63, 3.8) is 0 Å². The van der Waals surface area contributed by atoms with Crippen LogP contribution in [0, 0.1) is 5.41 Å². The van der Waals surface area contributed by atoms with E-state index in [0.29, 0.717) is 6.04 Å². The lowest BCUT2D eigenvalue weighted by Crippen LogP contribution is -2.39. The smallest absolute Gasteiger partial charge is 0.136 e. The predicted octanol–water partition coefficient (Wildman–Crippen LogP) is 3.83. The molecular formula is C18H27N3. The van der Waals surface area contributed by atoms with Crippen LogP contribution in [0.5, 0.6) is 0 Å². The topological polar surface area (TPSA) is 28.2 Å². The highest BCUT2D eigenvalue weighted by Crippen LogP contribution is 2.31. The van der Waals surface area contributed by atoms with Crippen LogP contribution < -0.4 is 10.2 Å². The third-order valence-electron chi connectivity index (χ3n) is 4.39. The van der Waals surface area contributed by atoms with E-state index >= 15 is 0 Å². The van der Waals surface area contributed by atoms with Crippen LogP contribution in [0.15, 0.2) is 30.5 Å². The average Bonchev–Trinajstić information content (AvgIpc) is 2.45. The number of fused-ring (bicyclic) bond motifs is 1. The minimum Gasteiger partial charge on any atom is -0.356 e. The Morgan fingerprint density at radius 2 is 1.81 bits per heavy atom. The molecule has 0 fully saturated rings. The first-order valence-corrected chi connectivity index (χ1v) is 7.60. The number of anilines is 1. The van der Waals surface area contributed by atoms with Crippen LogP contribution in [-0.4, -0.2) is 25.1 Å². The molecule has 2 aromatic rings. The van der Waals surface area contributed by atoms with E-state index in [-0.39, 0.29) is 5.41 Å². The van der Waals surface area contributed by atoms with Crippen LogP contribution in [-0.2, 0) is 6.54 Å². The van der Waals surface area contributed by atoms with Crippen LogP contribution in [0.4, 0.5) is 5.82 Å². The minimum absolute atomic E-state index is 0.210. The predicted molar refractivity (Wildman–Crippen MR) is 91.8 cm³/mol. The van der Waals surface area contributed by atoms with Gasteiger partial charge in [-0.3, -0.25) is 0 Å². The van der Waals surface area contributed by atoms with Gasteiger partial charge in [0.1, 0.15) is 5.82 Å². The molecule has 0 aliphatic rings. The summed E-state index contributed by atoms with van der Waals surface area (Å²) in [5.41, 5.74) is 1.45. The van der Waals surface area contributed by atoms with E-state index < -0.39 is 0 Å². The summed E-state index contributed by atoms with van der Waals surface area (Å²) in [7, 11) is 4.11. The van der Waals surface area contributed by atoms with E-state index in [4.69, 9.17) is 4.98 Å². The monoisotopic (exact) mass is 285 g/mol. The molecule has 0 bridgehead atoms. The third-order valence-corrected chi connectivity index (χ3v) is 4.39. The summed E-state index contributed by atoms with van der Waals surface area (Å²) in [4.78, 5) is 7.04. The number of nitrogens with one attached hydrogen (secondary N) is 1. The molecule has 1 aromatic heterocycles. The maximum absolute atomic E-state index is 4.75. The molecule has 0 aliphatic carbocycles. The maximum Gasteiger partial charge on any atom is 0.136 e. The van der Waals surface area contributed by atoms with Crippen molar-refractivity contribution < 1.29 is 0 Å². The molecule has 0 spiro atoms. The van der Waals surface area contributed by atoms with Gasteiger partial charge in [-0.05, 0) is 30.3 Å². The van der Waals surface area contributed by atoms with E-state index in [1.807, 2.05) is 13.2 Å². The van der Waals surface area contributed by atoms with Gasteiger partial charge in [0.2, 0.25) is 0 Å². The van der Waals surface area contributed by atoms with Gasteiger partial charge in [0.15, 0.2) is 0 Å². The number of aromatic nitrogens is 1. The number of pyridine rings is 1. The minimum atomic E-state index is 0.210. The molecule has 0 aliphatic heterocycles. The molecule has 1 aromatic carbocycles. The lowest BCUT2D eigenvalue weighted by molar-refractivity contribution is 0.329. The standard InChI is InChI=1S/C18H27N3/c1-13(18(2,3)4)21(6)17-16-10-8-7-9-15(16)14(11-19-5)12-20-17/h7-10,12-13,19H,11H2,1-6H3. The van der Waals surface area contributed by atoms with Crippen molar-refractivity contribution in [1.29, 1.82) is 0 Å². The van der Waals surface area contributed by atoms with Crippen molar-refractivity contribution in [3.8, 4) is 0 Å². The van der Waals surface area contributed by atoms with Crippen LogP contribution in [0.1, 0.15) is 33.3 Å². The second-order valence-corrected chi connectivity index (χ2v) is 6.84. The lowest BCUT2D eigenvalue weighted by Gasteiger charge is -2.36. The van der Waals surface area contributed by atoms with Crippen LogP contribution in [0.2, 0.25) is 0 Å². The zero-order valence-corrected chi connectivity index (χ0v) is 14.1. The Labute approximate surface area is 128 Å². The average molecular weight is 285 g/mol. The van der Waals surface area contributed by atoms with E-state index in [9.17, 15) is 0 Å². The second-order valence-electron chi connectivity index (χ2n) is 6.84. The van der Waals surface area contributed by atoms with Crippen LogP contribution in [0.25, 0.3) is 10.8 Å². The van der Waals surface area contributed by atoms with Gasteiger partial charge in [0.25, 0.3) is 0 Å². The summed E-state index contributed by atoms with van der Waals surface area (Å²) >= 11 is 0. The fourth-order valence-electron chi connectivity index (χ4n) is 2.61. The van der Waals surface area contributed by atoms with E-state index in [1.165, 1.54) is 16.3 Å². The first kappa shape index (κ1) is 15.8. The normalized spacial score (nSPS) is 13.4. The first-order valence-electron chi connectivity index (χ1n) is 7.60. The Hall–Kier alpha value is -1.61. The largest absolute Gasteiger partial charge is 0.356 e. The fourth-order valence-corrected chi connectivity index (χ4v) is 2.61. The van der Waals surface area contributed by atoms with Gasteiger partial charge in [0, 0.05) is 31.2 Å². The van der Waals surface area contributed by atoms with Gasteiger partial charge < -0.3 is 10.2 Å². The summed E-state index contributed by atoms with van der Waals surface area (Å²) < 4.78 is 0. The molecule has 3 nitrogen and oxygen atoms in total. The van der Waals surface area contributed by atoms with Crippen molar-refractivity contribution >= 4 is 16.6 Å². The number of nitrogens with zero attached hydrogens (tertiary/aromatic N) is 2. The molecule has 1 atom stereocenters. The van der Waals surface area contributed by atoms with Crippen molar-refractivity contribution in [2.75, 3.05) is 19.0 Å². The Balaban J connectivity index is 2.53. The van der Waals surface area contributed by atoms with E-state index in [1.54, 1.807) is 0 Å².